The Morgan fingerprint density at radius 3 is 2.80 bits per heavy atom. The number of anilines is 1. The highest BCUT2D eigenvalue weighted by Gasteiger charge is 2.17. The monoisotopic (exact) mass is 207 g/mol. The van der Waals surface area contributed by atoms with Gasteiger partial charge >= 0.3 is 0 Å². The largest absolute Gasteiger partial charge is 0.497 e. The van der Waals surface area contributed by atoms with E-state index in [2.05, 4.69) is 22.8 Å². The first kappa shape index (κ1) is 10.3. The van der Waals surface area contributed by atoms with E-state index in [0.29, 0.717) is 0 Å². The van der Waals surface area contributed by atoms with Crippen molar-refractivity contribution in [2.75, 3.05) is 25.5 Å². The third-order valence-corrected chi connectivity index (χ3v) is 2.94. The molecule has 3 heteroatoms. The molecule has 1 aromatic carbocycles. The van der Waals surface area contributed by atoms with Crippen molar-refractivity contribution in [3.05, 3.63) is 24.3 Å². The first-order chi connectivity index (χ1) is 7.38. The number of quaternary nitrogens is 1. The molecule has 3 N–H and O–H groups in total. The summed E-state index contributed by atoms with van der Waals surface area (Å²) in [7, 11) is 1.69. The van der Waals surface area contributed by atoms with Crippen LogP contribution in [0.1, 0.15) is 12.8 Å². The van der Waals surface area contributed by atoms with E-state index in [1.165, 1.54) is 25.1 Å². The Morgan fingerprint density at radius 1 is 1.40 bits per heavy atom. The molecule has 82 valence electrons. The molecule has 0 saturated carbocycles. The number of nitrogens with two attached hydrogens (primary N) is 1. The average molecular weight is 207 g/mol. The van der Waals surface area contributed by atoms with Crippen LogP contribution in [0.4, 0.5) is 5.69 Å². The van der Waals surface area contributed by atoms with E-state index in [-0.39, 0.29) is 0 Å². The van der Waals surface area contributed by atoms with Gasteiger partial charge in [0.15, 0.2) is 0 Å². The Morgan fingerprint density at radius 2 is 2.20 bits per heavy atom. The Labute approximate surface area is 90.8 Å². The van der Waals surface area contributed by atoms with Crippen LogP contribution in [0.2, 0.25) is 0 Å². The molecule has 1 aliphatic heterocycles. The number of hydrogen-bond donors (Lipinski definition) is 2. The number of benzene rings is 1. The number of methoxy groups -OCH3 is 1. The third-order valence-electron chi connectivity index (χ3n) is 2.94. The standard InChI is InChI=1S/C12H18N2O/c1-15-12-6-4-10(5-7-12)14-9-11-3-2-8-13-11/h4-7,11,13-14H,2-3,8-9H2,1H3/p+1/t11-/m1/s1. The second-order valence-electron chi connectivity index (χ2n) is 4.04. The van der Waals surface area contributed by atoms with Crippen molar-refractivity contribution in [2.45, 2.75) is 18.9 Å². The molecule has 0 aromatic heterocycles. The highest BCUT2D eigenvalue weighted by molar-refractivity contribution is 5.46. The van der Waals surface area contributed by atoms with Gasteiger partial charge in [-0.3, -0.25) is 0 Å². The van der Waals surface area contributed by atoms with Gasteiger partial charge in [0.2, 0.25) is 0 Å². The molecule has 0 radical (unpaired) electrons. The molecule has 0 aliphatic carbocycles. The number of ether oxygens (including phenoxy) is 1. The van der Waals surface area contributed by atoms with Crippen molar-refractivity contribution in [3.8, 4) is 5.75 Å². The molecule has 0 amide bonds. The molecule has 0 bridgehead atoms. The van der Waals surface area contributed by atoms with E-state index < -0.39 is 0 Å². The zero-order valence-electron chi connectivity index (χ0n) is 9.20. The second kappa shape index (κ2) is 5.03. The van der Waals surface area contributed by atoms with Gasteiger partial charge in [-0.05, 0) is 24.3 Å². The highest BCUT2D eigenvalue weighted by atomic mass is 16.5. The number of nitrogens with one attached hydrogen (secondary N) is 1. The summed E-state index contributed by atoms with van der Waals surface area (Å²) in [5.74, 6) is 0.910. The van der Waals surface area contributed by atoms with Crippen LogP contribution in [0, 0.1) is 0 Å². The lowest BCUT2D eigenvalue weighted by molar-refractivity contribution is -0.666. The van der Waals surface area contributed by atoms with E-state index >= 15 is 0 Å². The second-order valence-corrected chi connectivity index (χ2v) is 4.04. The van der Waals surface area contributed by atoms with Crippen LogP contribution in [-0.4, -0.2) is 26.2 Å². The Hall–Kier alpha value is -1.22. The molecule has 1 heterocycles. The SMILES string of the molecule is COc1ccc(NC[C@H]2CCC[NH2+]2)cc1. The first-order valence-corrected chi connectivity index (χ1v) is 5.60. The van der Waals surface area contributed by atoms with Gasteiger partial charge in [0, 0.05) is 18.5 Å². The van der Waals surface area contributed by atoms with Crippen LogP contribution in [-0.2, 0) is 0 Å². The molecular weight excluding hydrogens is 188 g/mol. The molecule has 1 atom stereocenters. The van der Waals surface area contributed by atoms with Crippen LogP contribution in [0.5, 0.6) is 5.75 Å². The Kier molecular flexibility index (Phi) is 3.45. The molecule has 1 aliphatic rings. The van der Waals surface area contributed by atoms with Crippen molar-refractivity contribution >= 4 is 5.69 Å². The summed E-state index contributed by atoms with van der Waals surface area (Å²) < 4.78 is 5.11. The summed E-state index contributed by atoms with van der Waals surface area (Å²) >= 11 is 0. The summed E-state index contributed by atoms with van der Waals surface area (Å²) in [6, 6.07) is 8.86. The zero-order valence-corrected chi connectivity index (χ0v) is 9.20. The van der Waals surface area contributed by atoms with Gasteiger partial charge in [-0.1, -0.05) is 0 Å². The molecule has 0 spiro atoms. The maximum absolute atomic E-state index is 5.11. The Balaban J connectivity index is 1.82. The molecule has 2 rings (SSSR count). The first-order valence-electron chi connectivity index (χ1n) is 5.60. The highest BCUT2D eigenvalue weighted by Crippen LogP contribution is 2.14. The van der Waals surface area contributed by atoms with Crippen LogP contribution < -0.4 is 15.4 Å². The van der Waals surface area contributed by atoms with Crippen LogP contribution in [0.3, 0.4) is 0 Å². The normalized spacial score (nSPS) is 20.2. The molecule has 1 saturated heterocycles. The van der Waals surface area contributed by atoms with Crippen molar-refractivity contribution in [1.29, 1.82) is 0 Å². The molecular formula is C12H19N2O+. The van der Waals surface area contributed by atoms with Crippen LogP contribution in [0.15, 0.2) is 24.3 Å². The van der Waals surface area contributed by atoms with Gasteiger partial charge in [-0.2, -0.15) is 0 Å². The minimum atomic E-state index is 0.757. The number of rotatable bonds is 4. The molecule has 1 fully saturated rings. The molecule has 3 nitrogen and oxygen atoms in total. The van der Waals surface area contributed by atoms with Gasteiger partial charge in [-0.15, -0.1) is 0 Å². The topological polar surface area (TPSA) is 37.9 Å². The van der Waals surface area contributed by atoms with Crippen molar-refractivity contribution in [3.63, 3.8) is 0 Å². The van der Waals surface area contributed by atoms with Gasteiger partial charge in [0.05, 0.1) is 20.2 Å². The fourth-order valence-corrected chi connectivity index (χ4v) is 1.99. The fraction of sp³-hybridized carbons (Fsp3) is 0.500. The summed E-state index contributed by atoms with van der Waals surface area (Å²) in [5.41, 5.74) is 1.18. The molecule has 0 unspecified atom stereocenters. The number of hydrogen-bond acceptors (Lipinski definition) is 2. The summed E-state index contributed by atoms with van der Waals surface area (Å²) in [5, 5.41) is 5.88. The zero-order chi connectivity index (χ0) is 10.5. The van der Waals surface area contributed by atoms with E-state index in [1.807, 2.05) is 12.1 Å². The smallest absolute Gasteiger partial charge is 0.119 e. The van der Waals surface area contributed by atoms with E-state index in [0.717, 1.165) is 18.3 Å². The predicted octanol–water partition coefficient (Wildman–Crippen LogP) is 0.833. The van der Waals surface area contributed by atoms with Crippen molar-refractivity contribution in [1.82, 2.24) is 0 Å². The summed E-state index contributed by atoms with van der Waals surface area (Å²) in [4.78, 5) is 0. The minimum absolute atomic E-state index is 0.757. The van der Waals surface area contributed by atoms with E-state index in [9.17, 15) is 0 Å². The van der Waals surface area contributed by atoms with Gasteiger partial charge in [0.1, 0.15) is 11.8 Å². The summed E-state index contributed by atoms with van der Waals surface area (Å²) in [6.45, 7) is 2.35. The van der Waals surface area contributed by atoms with Crippen molar-refractivity contribution < 1.29 is 10.1 Å². The van der Waals surface area contributed by atoms with Gasteiger partial charge < -0.3 is 15.4 Å². The quantitative estimate of drug-likeness (QED) is 0.767. The molecule has 15 heavy (non-hydrogen) atoms. The van der Waals surface area contributed by atoms with Gasteiger partial charge in [-0.25, -0.2) is 0 Å². The summed E-state index contributed by atoms with van der Waals surface area (Å²) in [6.07, 6.45) is 2.69. The average Bonchev–Trinajstić information content (AvgIpc) is 2.80. The lowest BCUT2D eigenvalue weighted by Gasteiger charge is -2.10. The predicted molar refractivity (Wildman–Crippen MR) is 61.3 cm³/mol. The van der Waals surface area contributed by atoms with Crippen LogP contribution >= 0.6 is 0 Å². The Bertz CT molecular complexity index is 291. The molecule has 1 aromatic rings. The van der Waals surface area contributed by atoms with Crippen LogP contribution in [0.25, 0.3) is 0 Å². The van der Waals surface area contributed by atoms with E-state index in [4.69, 9.17) is 4.74 Å². The third kappa shape index (κ3) is 2.86. The van der Waals surface area contributed by atoms with Gasteiger partial charge in [0.25, 0.3) is 0 Å². The minimum Gasteiger partial charge on any atom is -0.497 e. The van der Waals surface area contributed by atoms with E-state index in [1.54, 1.807) is 7.11 Å². The maximum atomic E-state index is 5.11. The van der Waals surface area contributed by atoms with Crippen molar-refractivity contribution in [2.24, 2.45) is 0 Å². The fourth-order valence-electron chi connectivity index (χ4n) is 1.99. The maximum Gasteiger partial charge on any atom is 0.119 e. The lowest BCUT2D eigenvalue weighted by atomic mass is 10.2. The lowest BCUT2D eigenvalue weighted by Crippen LogP contribution is -2.87.